The Hall–Kier alpha value is -1.55. The monoisotopic (exact) mass is 320 g/mol. The third-order valence-electron chi connectivity index (χ3n) is 2.26. The van der Waals surface area contributed by atoms with Crippen molar-refractivity contribution in [2.75, 3.05) is 5.32 Å². The van der Waals surface area contributed by atoms with Crippen LogP contribution in [-0.4, -0.2) is 10.5 Å². The quantitative estimate of drug-likeness (QED) is 0.878. The third kappa shape index (κ3) is 4.56. The average molecular weight is 321 g/mol. The van der Waals surface area contributed by atoms with Crippen LogP contribution in [0.4, 0.5) is 5.82 Å². The van der Waals surface area contributed by atoms with Gasteiger partial charge in [0.15, 0.2) is 0 Å². The maximum absolute atomic E-state index is 5.72. The number of hydrogen-bond acceptors (Lipinski definition) is 3. The third-order valence-corrected chi connectivity index (χ3v) is 2.79. The van der Waals surface area contributed by atoms with Crippen molar-refractivity contribution in [2.24, 2.45) is 0 Å². The lowest BCUT2D eigenvalue weighted by Gasteiger charge is -2.21. The topological polar surface area (TPSA) is 34.1 Å². The number of pyridine rings is 1. The summed E-state index contributed by atoms with van der Waals surface area (Å²) < 4.78 is 6.74. The van der Waals surface area contributed by atoms with Crippen LogP contribution in [0, 0.1) is 0 Å². The number of nitrogens with one attached hydrogen (secondary N) is 1. The van der Waals surface area contributed by atoms with E-state index in [9.17, 15) is 0 Å². The van der Waals surface area contributed by atoms with E-state index in [2.05, 4.69) is 47.0 Å². The molecule has 0 saturated heterocycles. The molecule has 100 valence electrons. The summed E-state index contributed by atoms with van der Waals surface area (Å²) in [5, 5.41) is 3.32. The Balaban J connectivity index is 2.13. The molecule has 0 aliphatic carbocycles. The van der Waals surface area contributed by atoms with E-state index < -0.39 is 0 Å². The summed E-state index contributed by atoms with van der Waals surface area (Å²) in [6, 6.07) is 13.4. The predicted molar refractivity (Wildman–Crippen MR) is 81.8 cm³/mol. The first kappa shape index (κ1) is 13.9. The molecule has 1 N–H and O–H groups in total. The van der Waals surface area contributed by atoms with Crippen molar-refractivity contribution >= 4 is 21.7 Å². The SMILES string of the molecule is CC(C)(C)Nc1cccc(Oc2ccc(Br)cc2)n1. The zero-order valence-corrected chi connectivity index (χ0v) is 12.9. The smallest absolute Gasteiger partial charge is 0.221 e. The van der Waals surface area contributed by atoms with E-state index >= 15 is 0 Å². The molecule has 1 aromatic carbocycles. The molecule has 1 heterocycles. The van der Waals surface area contributed by atoms with Crippen molar-refractivity contribution in [3.63, 3.8) is 0 Å². The Labute approximate surface area is 122 Å². The van der Waals surface area contributed by atoms with Gasteiger partial charge in [-0.1, -0.05) is 22.0 Å². The molecule has 0 unspecified atom stereocenters. The van der Waals surface area contributed by atoms with E-state index in [1.165, 1.54) is 0 Å². The van der Waals surface area contributed by atoms with Crippen LogP contribution in [0.3, 0.4) is 0 Å². The molecule has 0 fully saturated rings. The van der Waals surface area contributed by atoms with E-state index in [-0.39, 0.29) is 5.54 Å². The van der Waals surface area contributed by atoms with Gasteiger partial charge in [-0.2, -0.15) is 4.98 Å². The number of ether oxygens (including phenoxy) is 1. The van der Waals surface area contributed by atoms with Crippen LogP contribution in [0.2, 0.25) is 0 Å². The van der Waals surface area contributed by atoms with E-state index in [1.54, 1.807) is 0 Å². The Morgan fingerprint density at radius 3 is 2.37 bits per heavy atom. The van der Waals surface area contributed by atoms with E-state index in [0.717, 1.165) is 16.0 Å². The molecule has 0 radical (unpaired) electrons. The summed E-state index contributed by atoms with van der Waals surface area (Å²) in [7, 11) is 0. The van der Waals surface area contributed by atoms with Gasteiger partial charge in [-0.05, 0) is 51.1 Å². The lowest BCUT2D eigenvalue weighted by atomic mass is 10.1. The lowest BCUT2D eigenvalue weighted by Crippen LogP contribution is -2.26. The van der Waals surface area contributed by atoms with Crippen molar-refractivity contribution in [2.45, 2.75) is 26.3 Å². The lowest BCUT2D eigenvalue weighted by molar-refractivity contribution is 0.463. The van der Waals surface area contributed by atoms with Crippen molar-refractivity contribution in [3.8, 4) is 11.6 Å². The molecule has 0 aliphatic heterocycles. The molecular formula is C15H17BrN2O. The Kier molecular flexibility index (Phi) is 4.10. The summed E-state index contributed by atoms with van der Waals surface area (Å²) in [4.78, 5) is 4.43. The van der Waals surface area contributed by atoms with Crippen LogP contribution >= 0.6 is 15.9 Å². The molecule has 0 amide bonds. The van der Waals surface area contributed by atoms with E-state index in [1.807, 2.05) is 42.5 Å². The molecule has 1 aromatic heterocycles. The van der Waals surface area contributed by atoms with Crippen LogP contribution in [0.15, 0.2) is 46.9 Å². The molecule has 19 heavy (non-hydrogen) atoms. The Bertz CT molecular complexity index is 547. The van der Waals surface area contributed by atoms with Gasteiger partial charge in [0.25, 0.3) is 0 Å². The van der Waals surface area contributed by atoms with Gasteiger partial charge in [0.2, 0.25) is 5.88 Å². The molecule has 2 aromatic rings. The van der Waals surface area contributed by atoms with Crippen LogP contribution in [0.25, 0.3) is 0 Å². The first-order valence-electron chi connectivity index (χ1n) is 6.11. The maximum Gasteiger partial charge on any atom is 0.221 e. The molecule has 3 nitrogen and oxygen atoms in total. The fourth-order valence-electron chi connectivity index (χ4n) is 1.55. The molecular weight excluding hydrogens is 304 g/mol. The summed E-state index contributed by atoms with van der Waals surface area (Å²) >= 11 is 3.39. The minimum atomic E-state index is -0.0246. The minimum Gasteiger partial charge on any atom is -0.439 e. The van der Waals surface area contributed by atoms with E-state index in [4.69, 9.17) is 4.74 Å². The highest BCUT2D eigenvalue weighted by Gasteiger charge is 2.10. The number of rotatable bonds is 3. The summed E-state index contributed by atoms with van der Waals surface area (Å²) in [5.41, 5.74) is -0.0246. The molecule has 0 spiro atoms. The predicted octanol–water partition coefficient (Wildman–Crippen LogP) is 4.85. The average Bonchev–Trinajstić information content (AvgIpc) is 2.30. The first-order valence-corrected chi connectivity index (χ1v) is 6.90. The Morgan fingerprint density at radius 2 is 1.74 bits per heavy atom. The van der Waals surface area contributed by atoms with Crippen LogP contribution in [0.5, 0.6) is 11.6 Å². The molecule has 0 atom stereocenters. The molecule has 0 saturated carbocycles. The Morgan fingerprint density at radius 1 is 1.05 bits per heavy atom. The zero-order valence-electron chi connectivity index (χ0n) is 11.3. The highest BCUT2D eigenvalue weighted by atomic mass is 79.9. The van der Waals surface area contributed by atoms with Gasteiger partial charge in [0.1, 0.15) is 11.6 Å². The second-order valence-electron chi connectivity index (χ2n) is 5.29. The highest BCUT2D eigenvalue weighted by Crippen LogP contribution is 2.23. The minimum absolute atomic E-state index is 0.0246. The fraction of sp³-hybridized carbons (Fsp3) is 0.267. The number of hydrogen-bond donors (Lipinski definition) is 1. The van der Waals surface area contributed by atoms with Gasteiger partial charge in [-0.25, -0.2) is 0 Å². The normalized spacial score (nSPS) is 11.2. The summed E-state index contributed by atoms with van der Waals surface area (Å²) in [6.07, 6.45) is 0. The van der Waals surface area contributed by atoms with Gasteiger partial charge in [-0.15, -0.1) is 0 Å². The van der Waals surface area contributed by atoms with Crippen LogP contribution in [-0.2, 0) is 0 Å². The maximum atomic E-state index is 5.72. The van der Waals surface area contributed by atoms with Crippen LogP contribution in [0.1, 0.15) is 20.8 Å². The van der Waals surface area contributed by atoms with Crippen molar-refractivity contribution in [3.05, 3.63) is 46.9 Å². The molecule has 0 bridgehead atoms. The van der Waals surface area contributed by atoms with Gasteiger partial charge in [0.05, 0.1) is 0 Å². The van der Waals surface area contributed by atoms with Gasteiger partial charge >= 0.3 is 0 Å². The number of anilines is 1. The number of benzene rings is 1. The largest absolute Gasteiger partial charge is 0.439 e. The first-order chi connectivity index (χ1) is 8.92. The standard InChI is InChI=1S/C15H17BrN2O/c1-15(2,3)18-13-5-4-6-14(17-13)19-12-9-7-11(16)8-10-12/h4-10H,1-3H3,(H,17,18). The fourth-order valence-corrected chi connectivity index (χ4v) is 1.81. The molecule has 2 rings (SSSR count). The number of halogens is 1. The van der Waals surface area contributed by atoms with Crippen molar-refractivity contribution in [1.82, 2.24) is 4.98 Å². The van der Waals surface area contributed by atoms with Gasteiger partial charge < -0.3 is 10.1 Å². The second kappa shape index (κ2) is 5.61. The van der Waals surface area contributed by atoms with Crippen LogP contribution < -0.4 is 10.1 Å². The highest BCUT2D eigenvalue weighted by molar-refractivity contribution is 9.10. The molecule has 0 aliphatic rings. The second-order valence-corrected chi connectivity index (χ2v) is 6.21. The van der Waals surface area contributed by atoms with Gasteiger partial charge in [0, 0.05) is 16.1 Å². The van der Waals surface area contributed by atoms with Gasteiger partial charge in [-0.3, -0.25) is 0 Å². The number of aromatic nitrogens is 1. The summed E-state index contributed by atoms with van der Waals surface area (Å²) in [6.45, 7) is 6.28. The number of nitrogens with zero attached hydrogens (tertiary/aromatic N) is 1. The van der Waals surface area contributed by atoms with E-state index in [0.29, 0.717) is 5.88 Å². The summed E-state index contributed by atoms with van der Waals surface area (Å²) in [5.74, 6) is 2.15. The van der Waals surface area contributed by atoms with Crippen molar-refractivity contribution < 1.29 is 4.74 Å². The van der Waals surface area contributed by atoms with Crippen molar-refractivity contribution in [1.29, 1.82) is 0 Å². The zero-order chi connectivity index (χ0) is 13.9. The molecule has 4 heteroatoms.